The van der Waals surface area contributed by atoms with Crippen molar-refractivity contribution in [3.63, 3.8) is 0 Å². The van der Waals surface area contributed by atoms with Crippen LogP contribution in [0.2, 0.25) is 0 Å². The zero-order valence-electron chi connectivity index (χ0n) is 8.47. The van der Waals surface area contributed by atoms with Gasteiger partial charge in [0.05, 0.1) is 10.2 Å². The summed E-state index contributed by atoms with van der Waals surface area (Å²) in [6, 6.07) is 6.05. The summed E-state index contributed by atoms with van der Waals surface area (Å²) in [4.78, 5) is 4.49. The molecular weight excluding hydrogens is 224 g/mol. The normalized spacial score (nSPS) is 11.1. The first-order valence-corrected chi connectivity index (χ1v) is 5.52. The van der Waals surface area contributed by atoms with Crippen LogP contribution in [-0.4, -0.2) is 15.3 Å². The molecule has 0 aliphatic carbocycles. The maximum atomic E-state index is 5.63. The van der Waals surface area contributed by atoms with E-state index in [9.17, 15) is 0 Å². The zero-order valence-corrected chi connectivity index (χ0v) is 9.28. The standard InChI is InChI=1S/C10H8N4OS/c1-5-3-2-4-6-7(5)12-10(16-6)8-9(11)14-15-13-8/h2-4H,1H3,(H2,11,14). The Morgan fingerprint density at radius 2 is 2.19 bits per heavy atom. The van der Waals surface area contributed by atoms with Crippen LogP contribution in [0, 0.1) is 6.92 Å². The lowest BCUT2D eigenvalue weighted by atomic mass is 10.2. The van der Waals surface area contributed by atoms with E-state index in [4.69, 9.17) is 5.73 Å². The van der Waals surface area contributed by atoms with Crippen molar-refractivity contribution in [3.05, 3.63) is 23.8 Å². The molecule has 0 spiro atoms. The van der Waals surface area contributed by atoms with E-state index in [0.717, 1.165) is 20.8 Å². The molecule has 80 valence electrons. The molecule has 2 heterocycles. The van der Waals surface area contributed by atoms with Crippen LogP contribution in [-0.2, 0) is 0 Å². The number of aryl methyl sites for hydroxylation is 1. The van der Waals surface area contributed by atoms with Crippen LogP contribution in [0.25, 0.3) is 20.9 Å². The molecule has 0 amide bonds. The van der Waals surface area contributed by atoms with Gasteiger partial charge in [0.1, 0.15) is 0 Å². The molecule has 0 radical (unpaired) electrons. The second-order valence-corrected chi connectivity index (χ2v) is 4.47. The Labute approximate surface area is 94.9 Å². The van der Waals surface area contributed by atoms with E-state index in [1.54, 1.807) is 0 Å². The number of hydrogen-bond donors (Lipinski definition) is 1. The molecule has 2 aromatic heterocycles. The number of anilines is 1. The fourth-order valence-corrected chi connectivity index (χ4v) is 2.56. The second kappa shape index (κ2) is 3.28. The molecular formula is C10H8N4OS. The lowest BCUT2D eigenvalue weighted by Gasteiger charge is -1.90. The number of hydrogen-bond acceptors (Lipinski definition) is 6. The van der Waals surface area contributed by atoms with E-state index < -0.39 is 0 Å². The van der Waals surface area contributed by atoms with Gasteiger partial charge >= 0.3 is 0 Å². The van der Waals surface area contributed by atoms with Crippen LogP contribution in [0.3, 0.4) is 0 Å². The summed E-state index contributed by atoms with van der Waals surface area (Å²) in [6.07, 6.45) is 0. The third kappa shape index (κ3) is 1.27. The maximum absolute atomic E-state index is 5.63. The highest BCUT2D eigenvalue weighted by Gasteiger charge is 2.14. The van der Waals surface area contributed by atoms with Crippen LogP contribution >= 0.6 is 11.3 Å². The van der Waals surface area contributed by atoms with Crippen molar-refractivity contribution in [3.8, 4) is 10.7 Å². The Hall–Kier alpha value is -1.95. The number of nitrogens with zero attached hydrogens (tertiary/aromatic N) is 3. The van der Waals surface area contributed by atoms with E-state index in [1.165, 1.54) is 11.3 Å². The topological polar surface area (TPSA) is 77.8 Å². The molecule has 3 rings (SSSR count). The number of nitrogens with two attached hydrogens (primary N) is 1. The van der Waals surface area contributed by atoms with Gasteiger partial charge in [0.25, 0.3) is 0 Å². The summed E-state index contributed by atoms with van der Waals surface area (Å²) in [6.45, 7) is 2.02. The Balaban J connectivity index is 2.27. The molecule has 0 aliphatic heterocycles. The molecule has 0 atom stereocenters. The SMILES string of the molecule is Cc1cccc2sc(-c3nonc3N)nc12. The Morgan fingerprint density at radius 1 is 1.31 bits per heavy atom. The summed E-state index contributed by atoms with van der Waals surface area (Å²) in [5.74, 6) is 0.275. The third-order valence-electron chi connectivity index (χ3n) is 2.34. The van der Waals surface area contributed by atoms with Crippen molar-refractivity contribution < 1.29 is 4.63 Å². The van der Waals surface area contributed by atoms with Gasteiger partial charge in [-0.05, 0) is 28.9 Å². The highest BCUT2D eigenvalue weighted by atomic mass is 32.1. The molecule has 5 nitrogen and oxygen atoms in total. The fourth-order valence-electron chi connectivity index (χ4n) is 1.53. The van der Waals surface area contributed by atoms with Crippen LogP contribution < -0.4 is 5.73 Å². The molecule has 0 fully saturated rings. The molecule has 0 aliphatic rings. The second-order valence-electron chi connectivity index (χ2n) is 3.44. The van der Waals surface area contributed by atoms with Crippen molar-refractivity contribution in [2.24, 2.45) is 0 Å². The van der Waals surface area contributed by atoms with Gasteiger partial charge in [-0.1, -0.05) is 12.1 Å². The third-order valence-corrected chi connectivity index (χ3v) is 3.36. The van der Waals surface area contributed by atoms with Gasteiger partial charge in [-0.15, -0.1) is 11.3 Å². The monoisotopic (exact) mass is 232 g/mol. The van der Waals surface area contributed by atoms with Crippen LogP contribution in [0.4, 0.5) is 5.82 Å². The van der Waals surface area contributed by atoms with Crippen molar-refractivity contribution >= 4 is 27.4 Å². The highest BCUT2D eigenvalue weighted by Crippen LogP contribution is 2.32. The quantitative estimate of drug-likeness (QED) is 0.696. The molecule has 3 aromatic rings. The number of benzene rings is 1. The Bertz CT molecular complexity index is 658. The Kier molecular flexibility index (Phi) is 1.90. The lowest BCUT2D eigenvalue weighted by molar-refractivity contribution is 0.310. The zero-order chi connectivity index (χ0) is 11.1. The molecule has 0 bridgehead atoms. The maximum Gasteiger partial charge on any atom is 0.198 e. The fraction of sp³-hybridized carbons (Fsp3) is 0.100. The minimum Gasteiger partial charge on any atom is -0.379 e. The van der Waals surface area contributed by atoms with Gasteiger partial charge < -0.3 is 5.73 Å². The number of aromatic nitrogens is 3. The largest absolute Gasteiger partial charge is 0.379 e. The lowest BCUT2D eigenvalue weighted by Crippen LogP contribution is -1.87. The first kappa shape index (κ1) is 9.29. The number of nitrogen functional groups attached to an aromatic ring is 1. The summed E-state index contributed by atoms with van der Waals surface area (Å²) >= 11 is 1.53. The van der Waals surface area contributed by atoms with Crippen molar-refractivity contribution in [2.45, 2.75) is 6.92 Å². The van der Waals surface area contributed by atoms with E-state index >= 15 is 0 Å². The molecule has 6 heteroatoms. The molecule has 16 heavy (non-hydrogen) atoms. The van der Waals surface area contributed by atoms with E-state index in [0.29, 0.717) is 5.69 Å². The minimum atomic E-state index is 0.275. The summed E-state index contributed by atoms with van der Waals surface area (Å²) in [7, 11) is 0. The van der Waals surface area contributed by atoms with Gasteiger partial charge in [-0.25, -0.2) is 9.61 Å². The van der Waals surface area contributed by atoms with Crippen LogP contribution in [0.15, 0.2) is 22.8 Å². The summed E-state index contributed by atoms with van der Waals surface area (Å²) in [5.41, 5.74) is 8.26. The van der Waals surface area contributed by atoms with E-state index in [2.05, 4.69) is 19.9 Å². The van der Waals surface area contributed by atoms with Gasteiger partial charge in [-0.2, -0.15) is 0 Å². The van der Waals surface area contributed by atoms with Crippen LogP contribution in [0.1, 0.15) is 5.56 Å². The molecule has 2 N–H and O–H groups in total. The van der Waals surface area contributed by atoms with Gasteiger partial charge in [-0.3, -0.25) is 0 Å². The van der Waals surface area contributed by atoms with Crippen molar-refractivity contribution in [2.75, 3.05) is 5.73 Å². The van der Waals surface area contributed by atoms with Crippen molar-refractivity contribution in [1.29, 1.82) is 0 Å². The number of rotatable bonds is 1. The van der Waals surface area contributed by atoms with Gasteiger partial charge in [0.2, 0.25) is 0 Å². The predicted octanol–water partition coefficient (Wildman–Crippen LogP) is 2.24. The van der Waals surface area contributed by atoms with Gasteiger partial charge in [0, 0.05) is 0 Å². The number of thiazole rings is 1. The predicted molar refractivity (Wildman–Crippen MR) is 62.1 cm³/mol. The van der Waals surface area contributed by atoms with Crippen LogP contribution in [0.5, 0.6) is 0 Å². The van der Waals surface area contributed by atoms with Crippen molar-refractivity contribution in [1.82, 2.24) is 15.3 Å². The minimum absolute atomic E-state index is 0.275. The van der Waals surface area contributed by atoms with Gasteiger partial charge in [0.15, 0.2) is 16.5 Å². The number of para-hydroxylation sites is 1. The Morgan fingerprint density at radius 3 is 2.88 bits per heavy atom. The number of fused-ring (bicyclic) bond motifs is 1. The summed E-state index contributed by atoms with van der Waals surface area (Å²) in [5, 5.41) is 8.03. The smallest absolute Gasteiger partial charge is 0.198 e. The average Bonchev–Trinajstić information content (AvgIpc) is 2.84. The average molecular weight is 232 g/mol. The van der Waals surface area contributed by atoms with E-state index in [-0.39, 0.29) is 5.82 Å². The first-order chi connectivity index (χ1) is 7.75. The first-order valence-electron chi connectivity index (χ1n) is 4.70. The molecule has 0 unspecified atom stereocenters. The van der Waals surface area contributed by atoms with E-state index in [1.807, 2.05) is 25.1 Å². The molecule has 1 aromatic carbocycles. The summed E-state index contributed by atoms with van der Waals surface area (Å²) < 4.78 is 5.68. The molecule has 0 saturated carbocycles. The highest BCUT2D eigenvalue weighted by molar-refractivity contribution is 7.21. The molecule has 0 saturated heterocycles.